The molecule has 1 amide bonds. The van der Waals surface area contributed by atoms with Crippen molar-refractivity contribution in [2.75, 3.05) is 12.4 Å². The molecule has 0 bridgehead atoms. The number of hydrogen-bond donors (Lipinski definition) is 1. The summed E-state index contributed by atoms with van der Waals surface area (Å²) in [5.41, 5.74) is -0.111. The first kappa shape index (κ1) is 14.2. The summed E-state index contributed by atoms with van der Waals surface area (Å²) in [5.74, 6) is -0.230. The number of ether oxygens (including phenoxy) is 1. The quantitative estimate of drug-likeness (QED) is 0.832. The average molecular weight is 250 g/mol. The van der Waals surface area contributed by atoms with Gasteiger partial charge in [0.15, 0.2) is 0 Å². The van der Waals surface area contributed by atoms with Gasteiger partial charge in [0, 0.05) is 11.6 Å². The number of nitrogens with one attached hydrogen (secondary N) is 1. The first-order chi connectivity index (χ1) is 8.40. The molecule has 0 aromatic carbocycles. The average Bonchev–Trinajstić information content (AvgIpc) is 2.38. The minimum absolute atomic E-state index is 0.125. The first-order valence-corrected chi connectivity index (χ1v) is 5.76. The minimum atomic E-state index is -0.469. The third kappa shape index (κ3) is 3.29. The van der Waals surface area contributed by atoms with Crippen molar-refractivity contribution >= 4 is 17.7 Å². The maximum Gasteiger partial charge on any atom is 0.338 e. The van der Waals surface area contributed by atoms with Crippen molar-refractivity contribution in [3.05, 3.63) is 23.9 Å². The Morgan fingerprint density at radius 1 is 1.44 bits per heavy atom. The third-order valence-electron chi connectivity index (χ3n) is 2.92. The molecule has 0 atom stereocenters. The molecule has 0 radical (unpaired) electrons. The van der Waals surface area contributed by atoms with E-state index in [0.717, 1.165) is 6.42 Å². The highest BCUT2D eigenvalue weighted by molar-refractivity contribution is 5.95. The first-order valence-electron chi connectivity index (χ1n) is 5.76. The Labute approximate surface area is 107 Å². The van der Waals surface area contributed by atoms with Crippen molar-refractivity contribution < 1.29 is 14.3 Å². The van der Waals surface area contributed by atoms with Gasteiger partial charge < -0.3 is 10.1 Å². The summed E-state index contributed by atoms with van der Waals surface area (Å²) in [4.78, 5) is 27.3. The van der Waals surface area contributed by atoms with Gasteiger partial charge in [-0.05, 0) is 18.6 Å². The zero-order chi connectivity index (χ0) is 13.8. The standard InChI is InChI=1S/C13H18N2O3/c1-5-13(2,3)12(17)15-10-8-9(6-7-14-10)11(16)18-4/h6-8H,5H2,1-4H3,(H,14,15,17). The Morgan fingerprint density at radius 2 is 2.11 bits per heavy atom. The number of methoxy groups -OCH3 is 1. The molecule has 5 nitrogen and oxygen atoms in total. The second-order valence-corrected chi connectivity index (χ2v) is 4.61. The Kier molecular flexibility index (Phi) is 4.42. The van der Waals surface area contributed by atoms with Gasteiger partial charge in [0.1, 0.15) is 5.82 Å². The van der Waals surface area contributed by atoms with Crippen LogP contribution in [0.3, 0.4) is 0 Å². The van der Waals surface area contributed by atoms with Gasteiger partial charge in [-0.2, -0.15) is 0 Å². The molecule has 5 heteroatoms. The molecule has 1 N–H and O–H groups in total. The Balaban J connectivity index is 2.86. The second-order valence-electron chi connectivity index (χ2n) is 4.61. The normalized spacial score (nSPS) is 10.9. The molecule has 0 fully saturated rings. The molecule has 18 heavy (non-hydrogen) atoms. The van der Waals surface area contributed by atoms with Gasteiger partial charge in [-0.15, -0.1) is 0 Å². The van der Waals surface area contributed by atoms with E-state index in [4.69, 9.17) is 0 Å². The molecule has 0 spiro atoms. The number of anilines is 1. The highest BCUT2D eigenvalue weighted by atomic mass is 16.5. The lowest BCUT2D eigenvalue weighted by Crippen LogP contribution is -2.30. The van der Waals surface area contributed by atoms with E-state index in [2.05, 4.69) is 15.0 Å². The van der Waals surface area contributed by atoms with Gasteiger partial charge >= 0.3 is 5.97 Å². The molecule has 0 saturated carbocycles. The second kappa shape index (κ2) is 5.62. The predicted molar refractivity (Wildman–Crippen MR) is 68.3 cm³/mol. The van der Waals surface area contributed by atoms with Crippen LogP contribution < -0.4 is 5.32 Å². The lowest BCUT2D eigenvalue weighted by Gasteiger charge is -2.21. The minimum Gasteiger partial charge on any atom is -0.465 e. The molecule has 0 aliphatic carbocycles. The van der Waals surface area contributed by atoms with Crippen molar-refractivity contribution in [2.45, 2.75) is 27.2 Å². The maximum absolute atomic E-state index is 11.9. The Hall–Kier alpha value is -1.91. The summed E-state index contributed by atoms with van der Waals surface area (Å²) in [7, 11) is 1.31. The van der Waals surface area contributed by atoms with Crippen LogP contribution in [0.4, 0.5) is 5.82 Å². The number of pyridine rings is 1. The lowest BCUT2D eigenvalue weighted by molar-refractivity contribution is -0.124. The van der Waals surface area contributed by atoms with Crippen LogP contribution in [0, 0.1) is 5.41 Å². The summed E-state index contributed by atoms with van der Waals surface area (Å²) in [5, 5.41) is 2.69. The fourth-order valence-electron chi connectivity index (χ4n) is 1.19. The number of carbonyl (C=O) groups is 2. The topological polar surface area (TPSA) is 68.3 Å². The van der Waals surface area contributed by atoms with Gasteiger partial charge in [0.2, 0.25) is 5.91 Å². The van der Waals surface area contributed by atoms with Crippen LogP contribution in [-0.4, -0.2) is 24.0 Å². The number of aromatic nitrogens is 1. The SMILES string of the molecule is CCC(C)(C)C(=O)Nc1cc(C(=O)OC)ccn1. The van der Waals surface area contributed by atoms with Gasteiger partial charge in [0.25, 0.3) is 0 Å². The molecular formula is C13H18N2O3. The summed E-state index contributed by atoms with van der Waals surface area (Å²) >= 11 is 0. The monoisotopic (exact) mass is 250 g/mol. The smallest absolute Gasteiger partial charge is 0.338 e. The van der Waals surface area contributed by atoms with Crippen LogP contribution in [0.2, 0.25) is 0 Å². The van der Waals surface area contributed by atoms with E-state index in [1.165, 1.54) is 25.4 Å². The van der Waals surface area contributed by atoms with Crippen molar-refractivity contribution in [3.63, 3.8) is 0 Å². The van der Waals surface area contributed by atoms with Gasteiger partial charge in [-0.25, -0.2) is 9.78 Å². The molecule has 1 rings (SSSR count). The molecular weight excluding hydrogens is 232 g/mol. The molecule has 1 heterocycles. The van der Waals surface area contributed by atoms with Crippen LogP contribution in [0.25, 0.3) is 0 Å². The molecule has 0 aliphatic rings. The van der Waals surface area contributed by atoms with E-state index in [1.54, 1.807) is 0 Å². The summed E-state index contributed by atoms with van der Waals surface area (Å²) in [6.45, 7) is 5.65. The van der Waals surface area contributed by atoms with E-state index in [9.17, 15) is 9.59 Å². The molecule has 98 valence electrons. The van der Waals surface area contributed by atoms with Gasteiger partial charge in [-0.1, -0.05) is 20.8 Å². The van der Waals surface area contributed by atoms with Crippen molar-refractivity contribution in [2.24, 2.45) is 5.41 Å². The molecule has 0 aliphatic heterocycles. The van der Waals surface area contributed by atoms with E-state index in [0.29, 0.717) is 11.4 Å². The number of hydrogen-bond acceptors (Lipinski definition) is 4. The number of carbonyl (C=O) groups excluding carboxylic acids is 2. The van der Waals surface area contributed by atoms with Crippen LogP contribution in [0.5, 0.6) is 0 Å². The van der Waals surface area contributed by atoms with Crippen LogP contribution in [0.15, 0.2) is 18.3 Å². The Bertz CT molecular complexity index is 455. The lowest BCUT2D eigenvalue weighted by atomic mass is 9.89. The third-order valence-corrected chi connectivity index (χ3v) is 2.92. The summed E-state index contributed by atoms with van der Waals surface area (Å²) < 4.78 is 4.61. The molecule has 1 aromatic heterocycles. The largest absolute Gasteiger partial charge is 0.465 e. The van der Waals surface area contributed by atoms with Crippen LogP contribution in [-0.2, 0) is 9.53 Å². The van der Waals surface area contributed by atoms with Crippen molar-refractivity contribution in [3.8, 4) is 0 Å². The maximum atomic E-state index is 11.9. The molecule has 1 aromatic rings. The van der Waals surface area contributed by atoms with E-state index in [-0.39, 0.29) is 5.91 Å². The van der Waals surface area contributed by atoms with Crippen molar-refractivity contribution in [1.82, 2.24) is 4.98 Å². The fourth-order valence-corrected chi connectivity index (χ4v) is 1.19. The number of nitrogens with zero attached hydrogens (tertiary/aromatic N) is 1. The summed E-state index contributed by atoms with van der Waals surface area (Å²) in [6.07, 6.45) is 2.18. The van der Waals surface area contributed by atoms with E-state index >= 15 is 0 Å². The molecule has 0 saturated heterocycles. The number of esters is 1. The number of rotatable bonds is 4. The molecule has 0 unspecified atom stereocenters. The fraction of sp³-hybridized carbons (Fsp3) is 0.462. The zero-order valence-electron chi connectivity index (χ0n) is 11.1. The summed E-state index contributed by atoms with van der Waals surface area (Å²) in [6, 6.07) is 3.03. The van der Waals surface area contributed by atoms with E-state index in [1.807, 2.05) is 20.8 Å². The number of amides is 1. The predicted octanol–water partition coefficient (Wildman–Crippen LogP) is 2.24. The van der Waals surface area contributed by atoms with Gasteiger partial charge in [-0.3, -0.25) is 4.79 Å². The zero-order valence-corrected chi connectivity index (χ0v) is 11.1. The highest BCUT2D eigenvalue weighted by Crippen LogP contribution is 2.21. The van der Waals surface area contributed by atoms with Crippen LogP contribution >= 0.6 is 0 Å². The highest BCUT2D eigenvalue weighted by Gasteiger charge is 2.25. The Morgan fingerprint density at radius 3 is 2.67 bits per heavy atom. The van der Waals surface area contributed by atoms with Crippen LogP contribution in [0.1, 0.15) is 37.6 Å². The van der Waals surface area contributed by atoms with Gasteiger partial charge in [0.05, 0.1) is 12.7 Å². The van der Waals surface area contributed by atoms with E-state index < -0.39 is 11.4 Å². The van der Waals surface area contributed by atoms with Crippen molar-refractivity contribution in [1.29, 1.82) is 0 Å².